The minimum absolute atomic E-state index is 0.0246. The molecule has 2 N–H and O–H groups in total. The van der Waals surface area contributed by atoms with Gasteiger partial charge in [-0.2, -0.15) is 0 Å². The number of esters is 1. The Hall–Kier alpha value is -1.13. The fourth-order valence-electron chi connectivity index (χ4n) is 3.10. The fourth-order valence-corrected chi connectivity index (χ4v) is 3.10. The molecule has 112 valence electrons. The maximum Gasteiger partial charge on any atom is 0.330 e. The molecule has 0 aromatic carbocycles. The van der Waals surface area contributed by atoms with E-state index in [-0.39, 0.29) is 24.0 Å². The molecule has 2 aliphatic rings. The molecule has 1 heterocycles. The summed E-state index contributed by atoms with van der Waals surface area (Å²) in [6, 6.07) is 0. The number of hydrogen-bond acceptors (Lipinski definition) is 4. The van der Waals surface area contributed by atoms with Gasteiger partial charge in [-0.3, -0.25) is 0 Å². The van der Waals surface area contributed by atoms with Crippen LogP contribution in [0.1, 0.15) is 39.0 Å². The Morgan fingerprint density at radius 2 is 2.05 bits per heavy atom. The predicted molar refractivity (Wildman–Crippen MR) is 75.9 cm³/mol. The van der Waals surface area contributed by atoms with Crippen molar-refractivity contribution in [1.82, 2.24) is 0 Å². The van der Waals surface area contributed by atoms with E-state index in [1.165, 1.54) is 12.2 Å². The molecule has 0 spiro atoms. The van der Waals surface area contributed by atoms with E-state index in [2.05, 4.69) is 12.2 Å². The second-order valence-corrected chi connectivity index (χ2v) is 5.91. The summed E-state index contributed by atoms with van der Waals surface area (Å²) >= 11 is 0. The molecule has 4 nitrogen and oxygen atoms in total. The number of carbonyl (C=O) groups excluding carboxylic acids is 1. The van der Waals surface area contributed by atoms with E-state index in [4.69, 9.17) is 4.74 Å². The van der Waals surface area contributed by atoms with Gasteiger partial charge < -0.3 is 14.9 Å². The first-order valence-electron chi connectivity index (χ1n) is 7.48. The van der Waals surface area contributed by atoms with Gasteiger partial charge in [0.05, 0.1) is 18.3 Å². The molecule has 2 rings (SSSR count). The molecule has 4 heteroatoms. The number of fused-ring (bicyclic) bond motifs is 1. The van der Waals surface area contributed by atoms with Crippen molar-refractivity contribution in [2.24, 2.45) is 11.8 Å². The Balaban J connectivity index is 2.11. The first-order valence-corrected chi connectivity index (χ1v) is 7.48. The summed E-state index contributed by atoms with van der Waals surface area (Å²) < 4.78 is 5.23. The van der Waals surface area contributed by atoms with Gasteiger partial charge >= 0.3 is 5.97 Å². The number of carbonyl (C=O) groups is 1. The maximum absolute atomic E-state index is 11.6. The zero-order valence-electron chi connectivity index (χ0n) is 11.9. The third kappa shape index (κ3) is 4.18. The van der Waals surface area contributed by atoms with Crippen molar-refractivity contribution < 1.29 is 19.7 Å². The highest BCUT2D eigenvalue weighted by molar-refractivity contribution is 5.82. The van der Waals surface area contributed by atoms with Crippen molar-refractivity contribution in [2.75, 3.05) is 0 Å². The lowest BCUT2D eigenvalue weighted by Gasteiger charge is -2.19. The minimum Gasteiger partial charge on any atom is -0.460 e. The third-order valence-electron chi connectivity index (χ3n) is 4.19. The lowest BCUT2D eigenvalue weighted by atomic mass is 9.90. The normalized spacial score (nSPS) is 42.5. The number of hydrogen-bond donors (Lipinski definition) is 2. The van der Waals surface area contributed by atoms with Crippen LogP contribution in [0.15, 0.2) is 24.3 Å². The monoisotopic (exact) mass is 280 g/mol. The molecule has 0 aromatic rings. The highest BCUT2D eigenvalue weighted by Crippen LogP contribution is 2.36. The van der Waals surface area contributed by atoms with Gasteiger partial charge in [-0.25, -0.2) is 4.79 Å². The molecule has 0 bridgehead atoms. The maximum atomic E-state index is 11.6. The SMILES string of the molecule is C[C@H]1CCC/C=C/[C@@H]2C[C@H](O)C[C@H]2[C@@H](O)/C=C/C(=O)O1. The zero-order chi connectivity index (χ0) is 14.5. The van der Waals surface area contributed by atoms with Crippen LogP contribution in [0.2, 0.25) is 0 Å². The van der Waals surface area contributed by atoms with Crippen LogP contribution in [0.4, 0.5) is 0 Å². The van der Waals surface area contributed by atoms with E-state index >= 15 is 0 Å². The van der Waals surface area contributed by atoms with Crippen LogP contribution in [-0.4, -0.2) is 34.5 Å². The lowest BCUT2D eigenvalue weighted by Crippen LogP contribution is -2.21. The average Bonchev–Trinajstić information content (AvgIpc) is 2.76. The number of cyclic esters (lactones) is 1. The summed E-state index contributed by atoms with van der Waals surface area (Å²) in [4.78, 5) is 11.6. The molecule has 0 radical (unpaired) electrons. The summed E-state index contributed by atoms with van der Waals surface area (Å²) in [5.41, 5.74) is 0. The van der Waals surface area contributed by atoms with E-state index in [1.807, 2.05) is 6.92 Å². The average molecular weight is 280 g/mol. The Bertz CT molecular complexity index is 388. The van der Waals surface area contributed by atoms with Crippen LogP contribution in [0.5, 0.6) is 0 Å². The van der Waals surface area contributed by atoms with Crippen molar-refractivity contribution in [1.29, 1.82) is 0 Å². The Morgan fingerprint density at radius 1 is 1.25 bits per heavy atom. The second-order valence-electron chi connectivity index (χ2n) is 5.91. The van der Waals surface area contributed by atoms with Crippen LogP contribution in [0, 0.1) is 11.8 Å². The van der Waals surface area contributed by atoms with Gasteiger partial charge in [0.1, 0.15) is 0 Å². The van der Waals surface area contributed by atoms with Crippen LogP contribution in [0.3, 0.4) is 0 Å². The van der Waals surface area contributed by atoms with E-state index in [1.54, 1.807) is 0 Å². The first kappa shape index (κ1) is 15.3. The van der Waals surface area contributed by atoms with E-state index in [0.717, 1.165) is 19.3 Å². The molecule has 20 heavy (non-hydrogen) atoms. The largest absolute Gasteiger partial charge is 0.460 e. The predicted octanol–water partition coefficient (Wildman–Crippen LogP) is 1.96. The van der Waals surface area contributed by atoms with Gasteiger partial charge in [0.25, 0.3) is 0 Å². The lowest BCUT2D eigenvalue weighted by molar-refractivity contribution is -0.142. The molecule has 0 aromatic heterocycles. The third-order valence-corrected chi connectivity index (χ3v) is 4.19. The van der Waals surface area contributed by atoms with Crippen molar-refractivity contribution in [2.45, 2.75) is 57.3 Å². The van der Waals surface area contributed by atoms with Crippen LogP contribution < -0.4 is 0 Å². The molecule has 0 saturated heterocycles. The standard InChI is InChI=1S/C16H24O4/c1-11-5-3-2-4-6-12-9-13(17)10-14(12)15(18)7-8-16(19)20-11/h4,6-8,11-15,17-18H,2-3,5,9-10H2,1H3/b6-4+,8-7+/t11-,12+,13-,14+,15-/m0/s1. The molecule has 1 aliphatic heterocycles. The molecule has 1 fully saturated rings. The van der Waals surface area contributed by atoms with Gasteiger partial charge in [0.15, 0.2) is 0 Å². The van der Waals surface area contributed by atoms with Crippen LogP contribution in [0.25, 0.3) is 0 Å². The quantitative estimate of drug-likeness (QED) is 0.526. The fraction of sp³-hybridized carbons (Fsp3) is 0.688. The van der Waals surface area contributed by atoms with Gasteiger partial charge in [0, 0.05) is 6.08 Å². The molecule has 1 saturated carbocycles. The number of aliphatic hydroxyl groups excluding tert-OH is 2. The summed E-state index contributed by atoms with van der Waals surface area (Å²) in [5.74, 6) is -0.249. The van der Waals surface area contributed by atoms with E-state index < -0.39 is 12.1 Å². The van der Waals surface area contributed by atoms with Gasteiger partial charge in [0.2, 0.25) is 0 Å². The van der Waals surface area contributed by atoms with E-state index in [9.17, 15) is 15.0 Å². The molecule has 1 aliphatic carbocycles. The highest BCUT2D eigenvalue weighted by atomic mass is 16.5. The van der Waals surface area contributed by atoms with Gasteiger partial charge in [-0.15, -0.1) is 0 Å². The van der Waals surface area contributed by atoms with Crippen molar-refractivity contribution in [3.8, 4) is 0 Å². The highest BCUT2D eigenvalue weighted by Gasteiger charge is 2.35. The minimum atomic E-state index is -0.717. The number of rotatable bonds is 0. The summed E-state index contributed by atoms with van der Waals surface area (Å²) in [6.45, 7) is 1.89. The molecule has 0 unspecified atom stereocenters. The molecule has 0 amide bonds. The number of allylic oxidation sites excluding steroid dienone is 2. The van der Waals surface area contributed by atoms with E-state index in [0.29, 0.717) is 12.8 Å². The second kappa shape index (κ2) is 7.04. The smallest absolute Gasteiger partial charge is 0.330 e. The Labute approximate surface area is 120 Å². The van der Waals surface area contributed by atoms with Crippen molar-refractivity contribution >= 4 is 5.97 Å². The zero-order valence-corrected chi connectivity index (χ0v) is 11.9. The van der Waals surface area contributed by atoms with Crippen molar-refractivity contribution in [3.05, 3.63) is 24.3 Å². The molecule has 5 atom stereocenters. The van der Waals surface area contributed by atoms with Crippen molar-refractivity contribution in [3.63, 3.8) is 0 Å². The van der Waals surface area contributed by atoms with Crippen LogP contribution >= 0.6 is 0 Å². The number of ether oxygens (including phenoxy) is 1. The summed E-state index contributed by atoms with van der Waals surface area (Å²) in [7, 11) is 0. The molecular weight excluding hydrogens is 256 g/mol. The first-order chi connectivity index (χ1) is 9.56. The Kier molecular flexibility index (Phi) is 5.38. The van der Waals surface area contributed by atoms with Gasteiger partial charge in [-0.1, -0.05) is 12.2 Å². The van der Waals surface area contributed by atoms with Crippen LogP contribution in [-0.2, 0) is 9.53 Å². The summed E-state index contributed by atoms with van der Waals surface area (Å²) in [5, 5.41) is 20.0. The Morgan fingerprint density at radius 3 is 2.85 bits per heavy atom. The number of aliphatic hydroxyl groups is 2. The van der Waals surface area contributed by atoms with Gasteiger partial charge in [-0.05, 0) is 56.9 Å². The molecular formula is C16H24O4. The summed E-state index contributed by atoms with van der Waals surface area (Å²) in [6.07, 6.45) is 9.87. The topological polar surface area (TPSA) is 66.8 Å².